The lowest BCUT2D eigenvalue weighted by Gasteiger charge is -2.18. The smallest absolute Gasteiger partial charge is 0.303 e. The molecule has 0 unspecified atom stereocenters. The lowest BCUT2D eigenvalue weighted by atomic mass is 9.92. The first kappa shape index (κ1) is 29.0. The third-order valence-corrected chi connectivity index (χ3v) is 8.29. The molecule has 208 valence electrons. The fourth-order valence-corrected chi connectivity index (χ4v) is 5.88. The van der Waals surface area contributed by atoms with E-state index < -0.39 is 11.9 Å². The number of quaternary nitrogens is 1. The summed E-state index contributed by atoms with van der Waals surface area (Å²) in [5, 5.41) is 18.6. The molecule has 0 bridgehead atoms. The van der Waals surface area contributed by atoms with Crippen molar-refractivity contribution in [2.24, 2.45) is 22.9 Å². The van der Waals surface area contributed by atoms with Gasteiger partial charge in [-0.3, -0.25) is 14.9 Å². The van der Waals surface area contributed by atoms with E-state index in [1.165, 1.54) is 37.7 Å². The molecular weight excluding hydrogens is 512 g/mol. The molecule has 0 saturated heterocycles. The minimum atomic E-state index is -0.934. The van der Waals surface area contributed by atoms with E-state index in [4.69, 9.17) is 17.1 Å². The van der Waals surface area contributed by atoms with Crippen molar-refractivity contribution in [1.82, 2.24) is 0 Å². The summed E-state index contributed by atoms with van der Waals surface area (Å²) in [6, 6.07) is 14.0. The minimum absolute atomic E-state index is 0.0271. The van der Waals surface area contributed by atoms with Crippen LogP contribution in [-0.2, 0) is 16.0 Å². The van der Waals surface area contributed by atoms with Gasteiger partial charge in [-0.15, -0.1) is 0 Å². The highest BCUT2D eigenvalue weighted by Gasteiger charge is 2.36. The molecule has 7 nitrogen and oxygen atoms in total. The Hall–Kier alpha value is -3.03. The maximum Gasteiger partial charge on any atom is 0.303 e. The van der Waals surface area contributed by atoms with Crippen LogP contribution in [0, 0.1) is 30.2 Å². The number of hydrogen-bond donors (Lipinski definition) is 4. The standard InChI is InChI=1S/C31H39ClN4O3/c1-20-6-16-27(26(32)18-20)35-28(37)19-24(13-17-29(38)39)31(36-33)30(23-11-12-23)34-25-14-9-22(10-15-25)8-7-21-4-2-3-5-21/h6,9-10,14-16,18,21,23-24,33-34H,2-5,7-8,11-13,17,19H2,1H3,(H,35,37)(H,38,39)/p+1/b31-30-,36-33?/t24-/m0/s1. The first-order valence-corrected chi connectivity index (χ1v) is 14.5. The molecule has 0 heterocycles. The first-order valence-electron chi connectivity index (χ1n) is 14.2. The van der Waals surface area contributed by atoms with Crippen LogP contribution in [-0.4, -0.2) is 17.0 Å². The van der Waals surface area contributed by atoms with Gasteiger partial charge in [0.25, 0.3) is 0 Å². The number of allylic oxidation sites excluding steroid dienone is 2. The van der Waals surface area contributed by atoms with E-state index in [0.717, 1.165) is 42.1 Å². The summed E-state index contributed by atoms with van der Waals surface area (Å²) in [5.41, 5.74) is 13.4. The molecule has 2 aromatic carbocycles. The SMILES string of the molecule is Cc1ccc(NC(=O)C[C@H](CCC(=O)O)/C(N=N)=C(/[NH2+]c2ccc(CCC3CCCC3)cc2)C2CC2)c(Cl)c1. The van der Waals surface area contributed by atoms with E-state index in [9.17, 15) is 14.7 Å². The average molecular weight is 552 g/mol. The number of aryl methyl sites for hydroxylation is 2. The number of hydrogen-bond acceptors (Lipinski definition) is 4. The van der Waals surface area contributed by atoms with Gasteiger partial charge in [-0.25, -0.2) is 5.53 Å². The number of amides is 1. The lowest BCUT2D eigenvalue weighted by Crippen LogP contribution is -2.76. The zero-order valence-electron chi connectivity index (χ0n) is 22.7. The van der Waals surface area contributed by atoms with Gasteiger partial charge in [-0.1, -0.05) is 55.5 Å². The Balaban J connectivity index is 1.49. The van der Waals surface area contributed by atoms with Crippen molar-refractivity contribution in [2.45, 2.75) is 77.6 Å². The molecule has 2 aromatic rings. The number of carbonyl (C=O) groups is 2. The van der Waals surface area contributed by atoms with Gasteiger partial charge in [0.1, 0.15) is 17.1 Å². The van der Waals surface area contributed by atoms with Crippen LogP contribution in [0.25, 0.3) is 0 Å². The zero-order chi connectivity index (χ0) is 27.8. The van der Waals surface area contributed by atoms with Crippen LogP contribution in [0.2, 0.25) is 5.02 Å². The number of benzene rings is 2. The van der Waals surface area contributed by atoms with E-state index in [0.29, 0.717) is 16.4 Å². The topological polar surface area (TPSA) is 119 Å². The molecule has 1 atom stereocenters. The van der Waals surface area contributed by atoms with Gasteiger partial charge in [0.15, 0.2) is 0 Å². The molecule has 8 heteroatoms. The minimum Gasteiger partial charge on any atom is -0.481 e. The molecule has 4 rings (SSSR count). The highest BCUT2D eigenvalue weighted by Crippen LogP contribution is 2.38. The van der Waals surface area contributed by atoms with Gasteiger partial charge in [0.05, 0.1) is 10.7 Å². The van der Waals surface area contributed by atoms with Crippen molar-refractivity contribution < 1.29 is 20.0 Å². The van der Waals surface area contributed by atoms with Gasteiger partial charge >= 0.3 is 5.97 Å². The van der Waals surface area contributed by atoms with Crippen molar-refractivity contribution in [3.63, 3.8) is 0 Å². The van der Waals surface area contributed by atoms with Crippen molar-refractivity contribution >= 4 is 34.9 Å². The summed E-state index contributed by atoms with van der Waals surface area (Å²) >= 11 is 6.30. The van der Waals surface area contributed by atoms with Crippen LogP contribution in [0.1, 0.15) is 75.3 Å². The Morgan fingerprint density at radius 3 is 2.46 bits per heavy atom. The summed E-state index contributed by atoms with van der Waals surface area (Å²) in [5.74, 6) is -0.558. The normalized spacial score (nSPS) is 17.0. The zero-order valence-corrected chi connectivity index (χ0v) is 23.5. The van der Waals surface area contributed by atoms with Crippen LogP contribution in [0.4, 0.5) is 11.4 Å². The fraction of sp³-hybridized carbons (Fsp3) is 0.484. The quantitative estimate of drug-likeness (QED) is 0.148. The number of rotatable bonds is 14. The number of nitrogens with zero attached hydrogens (tertiary/aromatic N) is 1. The number of nitrogens with one attached hydrogen (secondary N) is 2. The summed E-state index contributed by atoms with van der Waals surface area (Å²) in [7, 11) is 0. The molecule has 2 aliphatic rings. The molecular formula is C31H40ClN4O3+. The summed E-state index contributed by atoms with van der Waals surface area (Å²) in [6.45, 7) is 1.92. The number of nitrogens with two attached hydrogens (primary N) is 1. The maximum atomic E-state index is 13.0. The summed E-state index contributed by atoms with van der Waals surface area (Å²) in [4.78, 5) is 24.5. The fourth-order valence-electron chi connectivity index (χ4n) is 5.60. The largest absolute Gasteiger partial charge is 0.481 e. The molecule has 39 heavy (non-hydrogen) atoms. The molecule has 2 fully saturated rings. The Morgan fingerprint density at radius 1 is 1.13 bits per heavy atom. The van der Waals surface area contributed by atoms with Crippen LogP contribution >= 0.6 is 11.6 Å². The van der Waals surface area contributed by atoms with E-state index in [1.54, 1.807) is 12.1 Å². The second-order valence-corrected chi connectivity index (χ2v) is 11.6. The molecule has 0 aliphatic heterocycles. The number of halogens is 1. The maximum absolute atomic E-state index is 13.0. The van der Waals surface area contributed by atoms with E-state index >= 15 is 0 Å². The Kier molecular flexibility index (Phi) is 10.3. The van der Waals surface area contributed by atoms with Crippen LogP contribution < -0.4 is 10.6 Å². The van der Waals surface area contributed by atoms with Crippen molar-refractivity contribution in [2.75, 3.05) is 5.32 Å². The summed E-state index contributed by atoms with van der Waals surface area (Å²) in [6.07, 6.45) is 9.96. The molecule has 0 spiro atoms. The number of carboxylic acids is 1. The molecule has 1 amide bonds. The van der Waals surface area contributed by atoms with Crippen LogP contribution in [0.15, 0.2) is 59.0 Å². The predicted octanol–water partition coefficient (Wildman–Crippen LogP) is 7.13. The molecule has 0 aromatic heterocycles. The van der Waals surface area contributed by atoms with Crippen molar-refractivity contribution in [1.29, 1.82) is 5.53 Å². The number of aliphatic carboxylic acids is 1. The molecule has 5 N–H and O–H groups in total. The summed E-state index contributed by atoms with van der Waals surface area (Å²) < 4.78 is 0. The van der Waals surface area contributed by atoms with Crippen molar-refractivity contribution in [3.8, 4) is 0 Å². The van der Waals surface area contributed by atoms with Gasteiger partial charge in [-0.05, 0) is 80.3 Å². The number of carboxylic acid groups (broad SMARTS) is 1. The molecule has 2 saturated carbocycles. The second-order valence-electron chi connectivity index (χ2n) is 11.2. The third kappa shape index (κ3) is 8.73. The van der Waals surface area contributed by atoms with E-state index in [1.807, 2.05) is 13.0 Å². The average Bonchev–Trinajstić information content (AvgIpc) is 3.62. The monoisotopic (exact) mass is 551 g/mol. The van der Waals surface area contributed by atoms with Crippen LogP contribution in [0.3, 0.4) is 0 Å². The number of carbonyl (C=O) groups excluding carboxylic acids is 1. The number of anilines is 1. The molecule has 2 aliphatic carbocycles. The van der Waals surface area contributed by atoms with Gasteiger partial charge < -0.3 is 10.4 Å². The second kappa shape index (κ2) is 13.9. The highest BCUT2D eigenvalue weighted by molar-refractivity contribution is 6.33. The van der Waals surface area contributed by atoms with E-state index in [-0.39, 0.29) is 31.1 Å². The lowest BCUT2D eigenvalue weighted by molar-refractivity contribution is -0.524. The van der Waals surface area contributed by atoms with Crippen molar-refractivity contribution in [3.05, 3.63) is 70.0 Å². The van der Waals surface area contributed by atoms with E-state index in [2.05, 4.69) is 40.0 Å². The predicted molar refractivity (Wildman–Crippen MR) is 153 cm³/mol. The third-order valence-electron chi connectivity index (χ3n) is 7.98. The Labute approximate surface area is 235 Å². The highest BCUT2D eigenvalue weighted by atomic mass is 35.5. The Bertz CT molecular complexity index is 1200. The van der Waals surface area contributed by atoms with Gasteiger partial charge in [0, 0.05) is 24.7 Å². The van der Waals surface area contributed by atoms with Gasteiger partial charge in [0.2, 0.25) is 5.91 Å². The van der Waals surface area contributed by atoms with Gasteiger partial charge in [-0.2, -0.15) is 5.11 Å². The first-order chi connectivity index (χ1) is 18.8. The Morgan fingerprint density at radius 2 is 1.85 bits per heavy atom. The molecule has 0 radical (unpaired) electrons. The van der Waals surface area contributed by atoms with Crippen LogP contribution in [0.5, 0.6) is 0 Å².